The monoisotopic (exact) mass is 200 g/mol. The third kappa shape index (κ3) is 2.51. The van der Waals surface area contributed by atoms with Crippen LogP contribution in [0.1, 0.15) is 25.0 Å². The maximum absolute atomic E-state index is 12.5. The van der Waals surface area contributed by atoms with E-state index in [2.05, 4.69) is 0 Å². The SMILES string of the molecule is CCC(C(F)F)C(O)c1ccccc1. The topological polar surface area (TPSA) is 20.2 Å². The minimum atomic E-state index is -2.48. The molecule has 0 amide bonds. The molecule has 2 unspecified atom stereocenters. The summed E-state index contributed by atoms with van der Waals surface area (Å²) in [6.45, 7) is 1.66. The van der Waals surface area contributed by atoms with Crippen LogP contribution in [0.3, 0.4) is 0 Å². The van der Waals surface area contributed by atoms with Crippen molar-refractivity contribution in [3.63, 3.8) is 0 Å². The Hall–Kier alpha value is -0.960. The van der Waals surface area contributed by atoms with Gasteiger partial charge in [-0.05, 0) is 12.0 Å². The van der Waals surface area contributed by atoms with Gasteiger partial charge in [0, 0.05) is 5.92 Å². The Labute approximate surface area is 82.4 Å². The number of aliphatic hydroxyl groups is 1. The van der Waals surface area contributed by atoms with Crippen LogP contribution in [-0.4, -0.2) is 11.5 Å². The van der Waals surface area contributed by atoms with Crippen LogP contribution >= 0.6 is 0 Å². The van der Waals surface area contributed by atoms with Crippen molar-refractivity contribution in [1.29, 1.82) is 0 Å². The van der Waals surface area contributed by atoms with Gasteiger partial charge in [0.2, 0.25) is 6.43 Å². The van der Waals surface area contributed by atoms with Crippen LogP contribution < -0.4 is 0 Å². The third-order valence-corrected chi connectivity index (χ3v) is 2.34. The fourth-order valence-electron chi connectivity index (χ4n) is 1.44. The minimum absolute atomic E-state index is 0.272. The smallest absolute Gasteiger partial charge is 0.244 e. The maximum Gasteiger partial charge on any atom is 0.244 e. The average Bonchev–Trinajstić information content (AvgIpc) is 2.19. The Morgan fingerprint density at radius 1 is 1.21 bits per heavy atom. The summed E-state index contributed by atoms with van der Waals surface area (Å²) in [6.07, 6.45) is -3.27. The molecule has 0 saturated carbocycles. The highest BCUT2D eigenvalue weighted by Crippen LogP contribution is 2.29. The molecule has 1 aromatic carbocycles. The van der Waals surface area contributed by atoms with Gasteiger partial charge in [-0.2, -0.15) is 0 Å². The Morgan fingerprint density at radius 3 is 2.21 bits per heavy atom. The predicted octanol–water partition coefficient (Wildman–Crippen LogP) is 3.01. The van der Waals surface area contributed by atoms with Crippen LogP contribution in [0, 0.1) is 5.92 Å². The summed E-state index contributed by atoms with van der Waals surface area (Å²) < 4.78 is 25.0. The van der Waals surface area contributed by atoms with Crippen molar-refractivity contribution in [2.45, 2.75) is 25.9 Å². The maximum atomic E-state index is 12.5. The van der Waals surface area contributed by atoms with Crippen LogP contribution in [0.15, 0.2) is 30.3 Å². The molecule has 0 radical (unpaired) electrons. The summed E-state index contributed by atoms with van der Waals surface area (Å²) in [5.41, 5.74) is 0.555. The van der Waals surface area contributed by atoms with Crippen LogP contribution in [-0.2, 0) is 0 Å². The van der Waals surface area contributed by atoms with E-state index < -0.39 is 18.4 Å². The highest BCUT2D eigenvalue weighted by molar-refractivity contribution is 5.18. The third-order valence-electron chi connectivity index (χ3n) is 2.34. The second-order valence-corrected chi connectivity index (χ2v) is 3.26. The molecule has 3 heteroatoms. The average molecular weight is 200 g/mol. The lowest BCUT2D eigenvalue weighted by Gasteiger charge is -2.20. The molecule has 1 nitrogen and oxygen atoms in total. The summed E-state index contributed by atoms with van der Waals surface area (Å²) in [7, 11) is 0. The van der Waals surface area contributed by atoms with Crippen molar-refractivity contribution in [2.24, 2.45) is 5.92 Å². The van der Waals surface area contributed by atoms with Crippen LogP contribution in [0.4, 0.5) is 8.78 Å². The van der Waals surface area contributed by atoms with E-state index in [0.29, 0.717) is 5.56 Å². The van der Waals surface area contributed by atoms with Crippen LogP contribution in [0.5, 0.6) is 0 Å². The van der Waals surface area contributed by atoms with Crippen molar-refractivity contribution in [2.75, 3.05) is 0 Å². The molecule has 0 aliphatic rings. The van der Waals surface area contributed by atoms with Gasteiger partial charge in [-0.15, -0.1) is 0 Å². The second kappa shape index (κ2) is 5.05. The fraction of sp³-hybridized carbons (Fsp3) is 0.455. The molecule has 0 aromatic heterocycles. The molecule has 2 atom stereocenters. The first-order valence-electron chi connectivity index (χ1n) is 4.68. The molecule has 0 saturated heterocycles. The number of benzene rings is 1. The van der Waals surface area contributed by atoms with Crippen molar-refractivity contribution >= 4 is 0 Å². The molecule has 0 fully saturated rings. The van der Waals surface area contributed by atoms with Crippen molar-refractivity contribution in [1.82, 2.24) is 0 Å². The van der Waals surface area contributed by atoms with Gasteiger partial charge in [-0.25, -0.2) is 8.78 Å². The Kier molecular flexibility index (Phi) is 4.01. The number of halogens is 2. The van der Waals surface area contributed by atoms with Crippen molar-refractivity contribution < 1.29 is 13.9 Å². The van der Waals surface area contributed by atoms with Gasteiger partial charge in [0.05, 0.1) is 6.10 Å². The van der Waals surface area contributed by atoms with Gasteiger partial charge in [0.15, 0.2) is 0 Å². The molecule has 0 aliphatic carbocycles. The zero-order chi connectivity index (χ0) is 10.6. The van der Waals surface area contributed by atoms with E-state index in [-0.39, 0.29) is 6.42 Å². The summed E-state index contributed by atoms with van der Waals surface area (Å²) in [5.74, 6) is -0.975. The molecule has 0 aliphatic heterocycles. The second-order valence-electron chi connectivity index (χ2n) is 3.26. The Morgan fingerprint density at radius 2 is 1.79 bits per heavy atom. The highest BCUT2D eigenvalue weighted by atomic mass is 19.3. The van der Waals surface area contributed by atoms with Crippen LogP contribution in [0.2, 0.25) is 0 Å². The number of aliphatic hydroxyl groups excluding tert-OH is 1. The van der Waals surface area contributed by atoms with Gasteiger partial charge in [-0.1, -0.05) is 37.3 Å². The van der Waals surface area contributed by atoms with E-state index in [4.69, 9.17) is 0 Å². The molecular formula is C11H14F2O. The summed E-state index contributed by atoms with van der Waals surface area (Å²) in [5, 5.41) is 9.67. The number of hydrogen-bond donors (Lipinski definition) is 1. The lowest BCUT2D eigenvalue weighted by molar-refractivity contribution is -0.0110. The zero-order valence-electron chi connectivity index (χ0n) is 8.03. The number of hydrogen-bond acceptors (Lipinski definition) is 1. The molecule has 1 N–H and O–H groups in total. The highest BCUT2D eigenvalue weighted by Gasteiger charge is 2.27. The Balaban J connectivity index is 2.78. The van der Waals surface area contributed by atoms with Gasteiger partial charge in [0.1, 0.15) is 0 Å². The first-order valence-corrected chi connectivity index (χ1v) is 4.68. The molecule has 1 rings (SSSR count). The predicted molar refractivity (Wildman–Crippen MR) is 51.2 cm³/mol. The van der Waals surface area contributed by atoms with E-state index in [1.807, 2.05) is 0 Å². The van der Waals surface area contributed by atoms with Gasteiger partial charge < -0.3 is 5.11 Å². The normalized spacial score (nSPS) is 15.5. The molecule has 0 bridgehead atoms. The first kappa shape index (κ1) is 11.1. The lowest BCUT2D eigenvalue weighted by atomic mass is 9.94. The van der Waals surface area contributed by atoms with E-state index in [1.165, 1.54) is 0 Å². The lowest BCUT2D eigenvalue weighted by Crippen LogP contribution is -2.19. The van der Waals surface area contributed by atoms with E-state index in [1.54, 1.807) is 37.3 Å². The summed E-state index contributed by atoms with van der Waals surface area (Å²) in [6, 6.07) is 8.58. The number of rotatable bonds is 4. The van der Waals surface area contributed by atoms with E-state index >= 15 is 0 Å². The van der Waals surface area contributed by atoms with E-state index in [0.717, 1.165) is 0 Å². The zero-order valence-corrected chi connectivity index (χ0v) is 8.03. The largest absolute Gasteiger partial charge is 0.388 e. The minimum Gasteiger partial charge on any atom is -0.388 e. The molecule has 14 heavy (non-hydrogen) atoms. The number of alkyl halides is 2. The fourth-order valence-corrected chi connectivity index (χ4v) is 1.44. The van der Waals surface area contributed by atoms with Gasteiger partial charge in [0.25, 0.3) is 0 Å². The van der Waals surface area contributed by atoms with E-state index in [9.17, 15) is 13.9 Å². The van der Waals surface area contributed by atoms with Gasteiger partial charge >= 0.3 is 0 Å². The molecule has 0 heterocycles. The standard InChI is InChI=1S/C11H14F2O/c1-2-9(11(12)13)10(14)8-6-4-3-5-7-8/h3-7,9-11,14H,2H2,1H3. The van der Waals surface area contributed by atoms with Crippen molar-refractivity contribution in [3.8, 4) is 0 Å². The van der Waals surface area contributed by atoms with Crippen LogP contribution in [0.25, 0.3) is 0 Å². The molecule has 78 valence electrons. The summed E-state index contributed by atoms with van der Waals surface area (Å²) >= 11 is 0. The summed E-state index contributed by atoms with van der Waals surface area (Å²) in [4.78, 5) is 0. The van der Waals surface area contributed by atoms with Gasteiger partial charge in [-0.3, -0.25) is 0 Å². The van der Waals surface area contributed by atoms with Crippen molar-refractivity contribution in [3.05, 3.63) is 35.9 Å². The first-order chi connectivity index (χ1) is 6.66. The molecule has 0 spiro atoms. The quantitative estimate of drug-likeness (QED) is 0.792. The Bertz CT molecular complexity index is 261. The molecule has 1 aromatic rings. The molecular weight excluding hydrogens is 186 g/mol.